The van der Waals surface area contributed by atoms with Crippen molar-refractivity contribution >= 4 is 27.6 Å². The molecule has 0 spiro atoms. The van der Waals surface area contributed by atoms with Gasteiger partial charge in [0.2, 0.25) is 0 Å². The molecule has 0 fully saturated rings. The molecule has 3 nitrogen and oxygen atoms in total. The van der Waals surface area contributed by atoms with Crippen LogP contribution >= 0.6 is 0 Å². The molecule has 0 radical (unpaired) electrons. The topological polar surface area (TPSA) is 25.2 Å². The molecule has 0 saturated carbocycles. The summed E-state index contributed by atoms with van der Waals surface area (Å²) in [6.45, 7) is 0.784. The van der Waals surface area contributed by atoms with Crippen LogP contribution in [-0.2, 0) is 7.05 Å². The first-order chi connectivity index (χ1) is 10.1. The van der Waals surface area contributed by atoms with Gasteiger partial charge in [0.25, 0.3) is 0 Å². The summed E-state index contributed by atoms with van der Waals surface area (Å²) >= 11 is 0. The fraction of sp³-hybridized carbons (Fsp3) is 0.278. The summed E-state index contributed by atoms with van der Waals surface area (Å²) in [5, 5.41) is 2.44. The monoisotopic (exact) mass is 280 g/mol. The van der Waals surface area contributed by atoms with Gasteiger partial charge in [-0.25, -0.2) is 0 Å². The van der Waals surface area contributed by atoms with Crippen LogP contribution in [0.1, 0.15) is 16.8 Å². The maximum Gasteiger partial charge on any atom is 0.164 e. The van der Waals surface area contributed by atoms with Gasteiger partial charge in [-0.05, 0) is 26.2 Å². The van der Waals surface area contributed by atoms with Crippen molar-refractivity contribution < 1.29 is 4.79 Å². The summed E-state index contributed by atoms with van der Waals surface area (Å²) in [7, 11) is 6.03. The van der Waals surface area contributed by atoms with E-state index in [1.54, 1.807) is 0 Å². The predicted octanol–water partition coefficient (Wildman–Crippen LogP) is 3.47. The minimum Gasteiger partial charge on any atom is -0.344 e. The zero-order valence-corrected chi connectivity index (χ0v) is 12.8. The molecule has 1 heterocycles. The van der Waals surface area contributed by atoms with Gasteiger partial charge in [0.05, 0.1) is 0 Å². The molecular weight excluding hydrogens is 260 g/mol. The standard InChI is InChI=1S/C18H20N2O/c1-19(2)11-10-18(21)13-8-9-15-14-6-4-5-7-16(14)20(3)17(15)12-13/h4-9,12H,10-11H2,1-3H3. The highest BCUT2D eigenvalue weighted by Crippen LogP contribution is 2.28. The fourth-order valence-electron chi connectivity index (χ4n) is 2.80. The zero-order chi connectivity index (χ0) is 15.0. The smallest absolute Gasteiger partial charge is 0.164 e. The second-order valence-electron chi connectivity index (χ2n) is 5.78. The average molecular weight is 280 g/mol. The van der Waals surface area contributed by atoms with Crippen molar-refractivity contribution in [2.75, 3.05) is 20.6 Å². The normalized spacial score (nSPS) is 11.6. The lowest BCUT2D eigenvalue weighted by molar-refractivity contribution is 0.0972. The van der Waals surface area contributed by atoms with Crippen molar-refractivity contribution in [3.05, 3.63) is 48.0 Å². The molecule has 0 N–H and O–H groups in total. The Morgan fingerprint density at radius 1 is 1.05 bits per heavy atom. The van der Waals surface area contributed by atoms with E-state index in [-0.39, 0.29) is 5.78 Å². The van der Waals surface area contributed by atoms with E-state index in [0.717, 1.165) is 17.6 Å². The Morgan fingerprint density at radius 3 is 2.52 bits per heavy atom. The summed E-state index contributed by atoms with van der Waals surface area (Å²) in [5.41, 5.74) is 3.12. The SMILES string of the molecule is CN(C)CCC(=O)c1ccc2c3ccccc3n(C)c2c1. The molecule has 0 aliphatic carbocycles. The number of rotatable bonds is 4. The van der Waals surface area contributed by atoms with E-state index in [1.165, 1.54) is 16.3 Å². The van der Waals surface area contributed by atoms with Crippen LogP contribution in [0, 0.1) is 0 Å². The second kappa shape index (κ2) is 5.34. The molecule has 0 aliphatic heterocycles. The number of benzene rings is 2. The van der Waals surface area contributed by atoms with E-state index in [0.29, 0.717) is 6.42 Å². The number of carbonyl (C=O) groups excluding carboxylic acids is 1. The van der Waals surface area contributed by atoms with E-state index in [1.807, 2.05) is 37.2 Å². The maximum atomic E-state index is 12.3. The number of hydrogen-bond donors (Lipinski definition) is 0. The van der Waals surface area contributed by atoms with Crippen LogP contribution in [0.3, 0.4) is 0 Å². The van der Waals surface area contributed by atoms with E-state index in [4.69, 9.17) is 0 Å². The van der Waals surface area contributed by atoms with Gasteiger partial charge in [-0.3, -0.25) is 4.79 Å². The number of nitrogens with zero attached hydrogens (tertiary/aromatic N) is 2. The summed E-state index contributed by atoms with van der Waals surface area (Å²) in [5.74, 6) is 0.204. The third-order valence-corrected chi connectivity index (χ3v) is 4.02. The van der Waals surface area contributed by atoms with Gasteiger partial charge in [0, 0.05) is 47.4 Å². The van der Waals surface area contributed by atoms with Crippen LogP contribution in [0.5, 0.6) is 0 Å². The minimum absolute atomic E-state index is 0.204. The summed E-state index contributed by atoms with van der Waals surface area (Å²) in [4.78, 5) is 14.3. The van der Waals surface area contributed by atoms with Crippen molar-refractivity contribution in [3.8, 4) is 0 Å². The molecule has 0 atom stereocenters. The zero-order valence-electron chi connectivity index (χ0n) is 12.8. The highest BCUT2D eigenvalue weighted by atomic mass is 16.1. The van der Waals surface area contributed by atoms with E-state index < -0.39 is 0 Å². The summed E-state index contributed by atoms with van der Waals surface area (Å²) < 4.78 is 2.16. The van der Waals surface area contributed by atoms with Gasteiger partial charge >= 0.3 is 0 Å². The molecule has 0 amide bonds. The van der Waals surface area contributed by atoms with E-state index in [9.17, 15) is 4.79 Å². The molecule has 0 bridgehead atoms. The van der Waals surface area contributed by atoms with Crippen LogP contribution in [0.4, 0.5) is 0 Å². The predicted molar refractivity (Wildman–Crippen MR) is 87.9 cm³/mol. The summed E-state index contributed by atoms with van der Waals surface area (Å²) in [6.07, 6.45) is 0.558. The van der Waals surface area contributed by atoms with Crippen molar-refractivity contribution in [1.82, 2.24) is 9.47 Å². The van der Waals surface area contributed by atoms with Crippen LogP contribution in [0.25, 0.3) is 21.8 Å². The van der Waals surface area contributed by atoms with Crippen LogP contribution < -0.4 is 0 Å². The highest BCUT2D eigenvalue weighted by Gasteiger charge is 2.11. The number of Topliss-reactive ketones (excluding diaryl/α,β-unsaturated/α-hetero) is 1. The lowest BCUT2D eigenvalue weighted by Gasteiger charge is -2.08. The third kappa shape index (κ3) is 2.45. The Kier molecular flexibility index (Phi) is 3.52. The Labute approximate surface area is 124 Å². The fourth-order valence-corrected chi connectivity index (χ4v) is 2.80. The largest absolute Gasteiger partial charge is 0.344 e. The quantitative estimate of drug-likeness (QED) is 0.684. The van der Waals surface area contributed by atoms with Crippen molar-refractivity contribution in [1.29, 1.82) is 0 Å². The number of hydrogen-bond acceptors (Lipinski definition) is 2. The Balaban J connectivity index is 2.06. The Hall–Kier alpha value is -2.13. The van der Waals surface area contributed by atoms with E-state index >= 15 is 0 Å². The number of para-hydroxylation sites is 1. The first-order valence-corrected chi connectivity index (χ1v) is 7.23. The lowest BCUT2D eigenvalue weighted by atomic mass is 10.1. The molecule has 0 saturated heterocycles. The first-order valence-electron chi connectivity index (χ1n) is 7.23. The second-order valence-corrected chi connectivity index (χ2v) is 5.78. The van der Waals surface area contributed by atoms with Gasteiger partial charge in [-0.15, -0.1) is 0 Å². The van der Waals surface area contributed by atoms with Crippen LogP contribution in [0.2, 0.25) is 0 Å². The molecule has 3 aromatic rings. The van der Waals surface area contributed by atoms with Crippen molar-refractivity contribution in [2.45, 2.75) is 6.42 Å². The third-order valence-electron chi connectivity index (χ3n) is 4.02. The van der Waals surface area contributed by atoms with Crippen molar-refractivity contribution in [3.63, 3.8) is 0 Å². The summed E-state index contributed by atoms with van der Waals surface area (Å²) in [6, 6.07) is 14.4. The van der Waals surface area contributed by atoms with Crippen LogP contribution in [-0.4, -0.2) is 35.9 Å². The number of aromatic nitrogens is 1. The van der Waals surface area contributed by atoms with Gasteiger partial charge in [0.15, 0.2) is 5.78 Å². The van der Waals surface area contributed by atoms with Gasteiger partial charge < -0.3 is 9.47 Å². The number of aryl methyl sites for hydroxylation is 1. The van der Waals surface area contributed by atoms with Gasteiger partial charge in [-0.2, -0.15) is 0 Å². The van der Waals surface area contributed by atoms with E-state index in [2.05, 4.69) is 35.9 Å². The molecule has 1 aromatic heterocycles. The number of carbonyl (C=O) groups is 1. The minimum atomic E-state index is 0.204. The van der Waals surface area contributed by atoms with Crippen LogP contribution in [0.15, 0.2) is 42.5 Å². The Morgan fingerprint density at radius 2 is 1.76 bits per heavy atom. The molecule has 3 heteroatoms. The maximum absolute atomic E-state index is 12.3. The lowest BCUT2D eigenvalue weighted by Crippen LogP contribution is -2.16. The molecule has 21 heavy (non-hydrogen) atoms. The molecule has 2 aromatic carbocycles. The molecule has 108 valence electrons. The molecule has 0 unspecified atom stereocenters. The number of ketones is 1. The molecule has 3 rings (SSSR count). The first kappa shape index (κ1) is 13.8. The van der Waals surface area contributed by atoms with Gasteiger partial charge in [-0.1, -0.05) is 30.3 Å². The number of fused-ring (bicyclic) bond motifs is 3. The van der Waals surface area contributed by atoms with Crippen molar-refractivity contribution in [2.24, 2.45) is 7.05 Å². The highest BCUT2D eigenvalue weighted by molar-refractivity contribution is 6.10. The molecular formula is C18H20N2O. The average Bonchev–Trinajstić information content (AvgIpc) is 2.78. The van der Waals surface area contributed by atoms with Gasteiger partial charge in [0.1, 0.15) is 0 Å². The molecule has 0 aliphatic rings. The Bertz CT molecular complexity index is 815.